The molecule has 0 aromatic carbocycles. The van der Waals surface area contributed by atoms with Crippen molar-refractivity contribution in [3.63, 3.8) is 0 Å². The molecule has 6 heteroatoms. The average molecular weight is 182 g/mol. The molecule has 0 spiro atoms. The van der Waals surface area contributed by atoms with Crippen molar-refractivity contribution in [1.82, 2.24) is 19.9 Å². The molecule has 1 atom stereocenters. The summed E-state index contributed by atoms with van der Waals surface area (Å²) in [5.74, 6) is 0. The van der Waals surface area contributed by atoms with E-state index in [9.17, 15) is 4.79 Å². The fourth-order valence-electron chi connectivity index (χ4n) is 1.49. The fourth-order valence-corrected chi connectivity index (χ4v) is 1.49. The van der Waals surface area contributed by atoms with Crippen LogP contribution < -0.4 is 0 Å². The molecular weight excluding hydrogens is 172 g/mol. The molecule has 0 saturated carbocycles. The van der Waals surface area contributed by atoms with Crippen LogP contribution in [0.2, 0.25) is 0 Å². The van der Waals surface area contributed by atoms with Gasteiger partial charge in [0.2, 0.25) is 0 Å². The maximum absolute atomic E-state index is 10.8. The zero-order valence-corrected chi connectivity index (χ0v) is 7.21. The Labute approximate surface area is 74.8 Å². The van der Waals surface area contributed by atoms with E-state index < -0.39 is 6.09 Å². The van der Waals surface area contributed by atoms with Crippen molar-refractivity contribution in [1.29, 1.82) is 0 Å². The summed E-state index contributed by atoms with van der Waals surface area (Å²) in [6.07, 6.45) is 0.710. The van der Waals surface area contributed by atoms with Crippen LogP contribution in [-0.4, -0.2) is 37.1 Å². The Kier molecular flexibility index (Phi) is 1.68. The second-order valence-electron chi connectivity index (χ2n) is 3.17. The summed E-state index contributed by atoms with van der Waals surface area (Å²) < 4.78 is 1.74. The van der Waals surface area contributed by atoms with E-state index in [0.29, 0.717) is 13.1 Å². The first-order chi connectivity index (χ1) is 6.18. The third-order valence-electron chi connectivity index (χ3n) is 2.25. The van der Waals surface area contributed by atoms with Crippen LogP contribution in [-0.2, 0) is 13.1 Å². The highest BCUT2D eigenvalue weighted by molar-refractivity contribution is 5.65. The van der Waals surface area contributed by atoms with E-state index in [2.05, 4.69) is 10.3 Å². The second-order valence-corrected chi connectivity index (χ2v) is 3.17. The lowest BCUT2D eigenvalue weighted by Crippen LogP contribution is -2.44. The Hall–Kier alpha value is -1.59. The van der Waals surface area contributed by atoms with Crippen molar-refractivity contribution in [2.24, 2.45) is 0 Å². The first-order valence-corrected chi connectivity index (χ1v) is 4.05. The number of aromatic nitrogens is 3. The minimum Gasteiger partial charge on any atom is -0.465 e. The summed E-state index contributed by atoms with van der Waals surface area (Å²) >= 11 is 0. The number of hydrogen-bond acceptors (Lipinski definition) is 3. The smallest absolute Gasteiger partial charge is 0.407 e. The third-order valence-corrected chi connectivity index (χ3v) is 2.25. The van der Waals surface area contributed by atoms with Gasteiger partial charge in [-0.15, -0.1) is 5.10 Å². The zero-order valence-electron chi connectivity index (χ0n) is 7.21. The van der Waals surface area contributed by atoms with E-state index in [0.717, 1.165) is 5.69 Å². The standard InChI is InChI=1S/C7H10N4O2/c1-5-3-11-6(2-8-9-11)4-10(5)7(12)13/h2,5H,3-4H2,1H3,(H,12,13). The quantitative estimate of drug-likeness (QED) is 0.620. The molecule has 1 N–H and O–H groups in total. The van der Waals surface area contributed by atoms with Gasteiger partial charge in [0.05, 0.1) is 31.0 Å². The molecule has 0 saturated heterocycles. The van der Waals surface area contributed by atoms with E-state index in [1.807, 2.05) is 6.92 Å². The summed E-state index contributed by atoms with van der Waals surface area (Å²) in [6.45, 7) is 2.82. The van der Waals surface area contributed by atoms with Gasteiger partial charge in [-0.1, -0.05) is 5.21 Å². The summed E-state index contributed by atoms with van der Waals surface area (Å²) in [5, 5.41) is 16.4. The number of nitrogens with zero attached hydrogens (tertiary/aromatic N) is 4. The monoisotopic (exact) mass is 182 g/mol. The van der Waals surface area contributed by atoms with Crippen LogP contribution in [0.5, 0.6) is 0 Å². The highest BCUT2D eigenvalue weighted by atomic mass is 16.4. The lowest BCUT2D eigenvalue weighted by atomic mass is 10.2. The molecule has 0 bridgehead atoms. The molecule has 1 aromatic rings. The van der Waals surface area contributed by atoms with Crippen LogP contribution in [0.15, 0.2) is 6.20 Å². The Balaban J connectivity index is 2.27. The van der Waals surface area contributed by atoms with Gasteiger partial charge < -0.3 is 5.11 Å². The molecule has 0 radical (unpaired) electrons. The van der Waals surface area contributed by atoms with Crippen molar-refractivity contribution >= 4 is 6.09 Å². The second kappa shape index (κ2) is 2.72. The molecule has 1 aliphatic rings. The molecule has 0 fully saturated rings. The predicted molar refractivity (Wildman–Crippen MR) is 43.1 cm³/mol. The zero-order chi connectivity index (χ0) is 9.42. The van der Waals surface area contributed by atoms with E-state index in [-0.39, 0.29) is 6.04 Å². The molecule has 2 rings (SSSR count). The van der Waals surface area contributed by atoms with E-state index in [1.54, 1.807) is 10.9 Å². The first-order valence-electron chi connectivity index (χ1n) is 4.05. The van der Waals surface area contributed by atoms with Crippen LogP contribution >= 0.6 is 0 Å². The van der Waals surface area contributed by atoms with Crippen molar-refractivity contribution in [3.05, 3.63) is 11.9 Å². The van der Waals surface area contributed by atoms with E-state index >= 15 is 0 Å². The lowest BCUT2D eigenvalue weighted by Gasteiger charge is -2.30. The van der Waals surface area contributed by atoms with Crippen LogP contribution in [0.3, 0.4) is 0 Å². The molecule has 1 amide bonds. The highest BCUT2D eigenvalue weighted by Gasteiger charge is 2.26. The van der Waals surface area contributed by atoms with Crippen molar-refractivity contribution in [2.75, 3.05) is 0 Å². The van der Waals surface area contributed by atoms with Gasteiger partial charge in [-0.3, -0.25) is 4.90 Å². The summed E-state index contributed by atoms with van der Waals surface area (Å²) in [7, 11) is 0. The van der Waals surface area contributed by atoms with Crippen LogP contribution in [0.25, 0.3) is 0 Å². The van der Waals surface area contributed by atoms with E-state index in [4.69, 9.17) is 5.11 Å². The molecule has 13 heavy (non-hydrogen) atoms. The van der Waals surface area contributed by atoms with Gasteiger partial charge in [-0.2, -0.15) is 0 Å². The van der Waals surface area contributed by atoms with Gasteiger partial charge in [0.1, 0.15) is 0 Å². The highest BCUT2D eigenvalue weighted by Crippen LogP contribution is 2.15. The number of carbonyl (C=O) groups is 1. The van der Waals surface area contributed by atoms with Crippen molar-refractivity contribution in [3.8, 4) is 0 Å². The summed E-state index contributed by atoms with van der Waals surface area (Å²) in [4.78, 5) is 12.2. The number of amides is 1. The van der Waals surface area contributed by atoms with Crippen LogP contribution in [0.4, 0.5) is 4.79 Å². The van der Waals surface area contributed by atoms with Crippen molar-refractivity contribution in [2.45, 2.75) is 26.1 Å². The Bertz CT molecular complexity index is 335. The average Bonchev–Trinajstić information content (AvgIpc) is 2.48. The summed E-state index contributed by atoms with van der Waals surface area (Å²) in [6, 6.07) is -0.0355. The van der Waals surface area contributed by atoms with Gasteiger partial charge in [0.25, 0.3) is 0 Å². The minimum atomic E-state index is -0.889. The number of fused-ring (bicyclic) bond motifs is 1. The first kappa shape index (κ1) is 8.03. The Morgan fingerprint density at radius 1 is 1.77 bits per heavy atom. The third kappa shape index (κ3) is 1.24. The molecule has 6 nitrogen and oxygen atoms in total. The molecule has 1 aromatic heterocycles. The Morgan fingerprint density at radius 3 is 3.23 bits per heavy atom. The molecule has 70 valence electrons. The number of hydrogen-bond donors (Lipinski definition) is 1. The van der Waals surface area contributed by atoms with Crippen LogP contribution in [0, 0.1) is 0 Å². The fraction of sp³-hybridized carbons (Fsp3) is 0.571. The van der Waals surface area contributed by atoms with Gasteiger partial charge in [-0.25, -0.2) is 9.48 Å². The van der Waals surface area contributed by atoms with Crippen LogP contribution in [0.1, 0.15) is 12.6 Å². The molecule has 1 aliphatic heterocycles. The van der Waals surface area contributed by atoms with E-state index in [1.165, 1.54) is 4.90 Å². The molecule has 0 aliphatic carbocycles. The van der Waals surface area contributed by atoms with Crippen molar-refractivity contribution < 1.29 is 9.90 Å². The maximum Gasteiger partial charge on any atom is 0.407 e. The largest absolute Gasteiger partial charge is 0.465 e. The minimum absolute atomic E-state index is 0.0355. The lowest BCUT2D eigenvalue weighted by molar-refractivity contribution is 0.105. The topological polar surface area (TPSA) is 71.2 Å². The maximum atomic E-state index is 10.8. The molecule has 1 unspecified atom stereocenters. The molecule has 2 heterocycles. The SMILES string of the molecule is CC1Cn2nncc2CN1C(=O)O. The molecular formula is C7H10N4O2. The summed E-state index contributed by atoms with van der Waals surface area (Å²) in [5.41, 5.74) is 0.848. The van der Waals surface area contributed by atoms with Gasteiger partial charge in [-0.05, 0) is 6.92 Å². The Morgan fingerprint density at radius 2 is 2.54 bits per heavy atom. The van der Waals surface area contributed by atoms with Gasteiger partial charge in [0, 0.05) is 0 Å². The normalized spacial score (nSPS) is 21.3. The van der Waals surface area contributed by atoms with Gasteiger partial charge in [0.15, 0.2) is 0 Å². The number of rotatable bonds is 0. The predicted octanol–water partition coefficient (Wildman–Crippen LogP) is 0.160. The van der Waals surface area contributed by atoms with Gasteiger partial charge >= 0.3 is 6.09 Å². The number of carboxylic acid groups (broad SMARTS) is 1.